The van der Waals surface area contributed by atoms with Gasteiger partial charge in [0, 0.05) is 0 Å². The molecule has 0 saturated heterocycles. The molecule has 5 N–H and O–H groups in total. The van der Waals surface area contributed by atoms with Crippen LogP contribution in [0.25, 0.3) is 0 Å². The number of hydrogen-bond donors (Lipinski definition) is 5. The van der Waals surface area contributed by atoms with Gasteiger partial charge in [0.15, 0.2) is 5.60 Å². The minimum Gasteiger partial charge on any atom is -0.479 e. The van der Waals surface area contributed by atoms with Crippen molar-refractivity contribution in [2.75, 3.05) is 0 Å². The number of carboxylic acid groups (broad SMARTS) is 1. The van der Waals surface area contributed by atoms with E-state index in [-0.39, 0.29) is 13.2 Å². The number of carbonyl (C=O) groups is 3. The molecule has 0 aliphatic carbocycles. The van der Waals surface area contributed by atoms with Crippen LogP contribution in [0.15, 0.2) is 60.7 Å². The first kappa shape index (κ1) is 27.0. The predicted octanol–water partition coefficient (Wildman–Crippen LogP) is 1.14. The Morgan fingerprint density at radius 2 is 1.06 bits per heavy atom. The molecule has 0 saturated carbocycles. The van der Waals surface area contributed by atoms with Crippen molar-refractivity contribution in [3.63, 3.8) is 0 Å². The third-order valence-corrected chi connectivity index (χ3v) is 3.76. The summed E-state index contributed by atoms with van der Waals surface area (Å²) in [5.74, 6) is -3.56. The summed E-state index contributed by atoms with van der Waals surface area (Å²) in [4.78, 5) is 56.7. The van der Waals surface area contributed by atoms with E-state index in [2.05, 4.69) is 0 Å². The Morgan fingerprint density at radius 3 is 1.34 bits per heavy atom. The summed E-state index contributed by atoms with van der Waals surface area (Å²) in [6, 6.07) is 17.6. The molecule has 174 valence electrons. The zero-order valence-corrected chi connectivity index (χ0v) is 17.6. The molecule has 0 atom stereocenters. The van der Waals surface area contributed by atoms with E-state index < -0.39 is 44.2 Å². The van der Waals surface area contributed by atoms with Crippen LogP contribution in [0.4, 0.5) is 0 Å². The fraction of sp³-hybridized carbons (Fsp3) is 0.250. The molecule has 0 radical (unpaired) electrons. The summed E-state index contributed by atoms with van der Waals surface area (Å²) in [6.45, 7) is -0.123. The molecule has 0 unspecified atom stereocenters. The van der Waals surface area contributed by atoms with Gasteiger partial charge in [0.1, 0.15) is 13.2 Å². The van der Waals surface area contributed by atoms with Gasteiger partial charge < -0.3 is 34.4 Å². The smallest absolute Gasteiger partial charge is 0.466 e. The van der Waals surface area contributed by atoms with Crippen LogP contribution in [0, 0.1) is 0 Å². The lowest BCUT2D eigenvalue weighted by Gasteiger charge is -2.21. The summed E-state index contributed by atoms with van der Waals surface area (Å²) in [5, 5.41) is 19.5. The molecule has 0 heterocycles. The van der Waals surface area contributed by atoms with Crippen molar-refractivity contribution in [1.29, 1.82) is 0 Å². The van der Waals surface area contributed by atoms with Gasteiger partial charge in [0.2, 0.25) is 0 Å². The molecule has 0 aliphatic rings. The lowest BCUT2D eigenvalue weighted by atomic mass is 9.96. The quantitative estimate of drug-likeness (QED) is 0.261. The normalized spacial score (nSPS) is 11.0. The van der Waals surface area contributed by atoms with Gasteiger partial charge in [-0.3, -0.25) is 9.59 Å². The maximum absolute atomic E-state index is 11.9. The Labute approximate surface area is 183 Å². The highest BCUT2D eigenvalue weighted by molar-refractivity contribution is 7.45. The second-order valence-corrected chi connectivity index (χ2v) is 7.52. The highest BCUT2D eigenvalue weighted by Gasteiger charge is 2.42. The number of aliphatic hydroxyl groups is 1. The van der Waals surface area contributed by atoms with Crippen LogP contribution in [0.3, 0.4) is 0 Å². The standard InChI is InChI=1S/C20H20O7.H3O4P/c21-17(26-13-15-7-3-1-4-8-15)11-20(25,19(23)24)12-18(22)27-14-16-9-5-2-6-10-16;1-5(2,3)4/h1-10,25H,11-14H2,(H,23,24);(H3,1,2,3,4). The Kier molecular flexibility index (Phi) is 10.7. The molecule has 11 nitrogen and oxygen atoms in total. The van der Waals surface area contributed by atoms with Crippen LogP contribution in [0.2, 0.25) is 0 Å². The van der Waals surface area contributed by atoms with Gasteiger partial charge in [-0.05, 0) is 11.1 Å². The van der Waals surface area contributed by atoms with Crippen LogP contribution in [-0.4, -0.2) is 48.4 Å². The highest BCUT2D eigenvalue weighted by Crippen LogP contribution is 2.25. The first-order chi connectivity index (χ1) is 14.9. The average Bonchev–Trinajstić information content (AvgIpc) is 2.71. The summed E-state index contributed by atoms with van der Waals surface area (Å²) in [6.07, 6.45) is -1.73. The third kappa shape index (κ3) is 11.9. The van der Waals surface area contributed by atoms with Crippen molar-refractivity contribution in [3.8, 4) is 0 Å². The van der Waals surface area contributed by atoms with E-state index >= 15 is 0 Å². The van der Waals surface area contributed by atoms with Crippen LogP contribution < -0.4 is 0 Å². The van der Waals surface area contributed by atoms with Crippen LogP contribution >= 0.6 is 7.82 Å². The lowest BCUT2D eigenvalue weighted by Crippen LogP contribution is -2.43. The molecular formula is C20H23O11P. The molecule has 32 heavy (non-hydrogen) atoms. The predicted molar refractivity (Wildman–Crippen MR) is 109 cm³/mol. The van der Waals surface area contributed by atoms with Crippen molar-refractivity contribution >= 4 is 25.7 Å². The lowest BCUT2D eigenvalue weighted by molar-refractivity contribution is -0.174. The van der Waals surface area contributed by atoms with Crippen molar-refractivity contribution < 1.29 is 53.3 Å². The molecule has 0 amide bonds. The van der Waals surface area contributed by atoms with Crippen molar-refractivity contribution in [2.24, 2.45) is 0 Å². The van der Waals surface area contributed by atoms with Gasteiger partial charge in [-0.1, -0.05) is 60.7 Å². The van der Waals surface area contributed by atoms with Crippen molar-refractivity contribution in [3.05, 3.63) is 71.8 Å². The van der Waals surface area contributed by atoms with E-state index in [9.17, 15) is 24.6 Å². The van der Waals surface area contributed by atoms with E-state index in [0.29, 0.717) is 11.1 Å². The molecule has 0 fully saturated rings. The maximum atomic E-state index is 11.9. The molecule has 0 spiro atoms. The van der Waals surface area contributed by atoms with Gasteiger partial charge in [-0.2, -0.15) is 0 Å². The minimum absolute atomic E-state index is 0.0617. The van der Waals surface area contributed by atoms with E-state index in [1.165, 1.54) is 0 Å². The fourth-order valence-electron chi connectivity index (χ4n) is 2.27. The second-order valence-electron chi connectivity index (χ2n) is 6.50. The van der Waals surface area contributed by atoms with Crippen LogP contribution in [-0.2, 0) is 41.6 Å². The molecule has 0 aliphatic heterocycles. The highest BCUT2D eigenvalue weighted by atomic mass is 31.2. The molecule has 12 heteroatoms. The fourth-order valence-corrected chi connectivity index (χ4v) is 2.27. The molecule has 2 aromatic rings. The Morgan fingerprint density at radius 1 is 0.750 bits per heavy atom. The number of esters is 2. The average molecular weight is 470 g/mol. The summed E-state index contributed by atoms with van der Waals surface area (Å²) in [7, 11) is -4.64. The zero-order valence-electron chi connectivity index (χ0n) is 16.7. The Balaban J connectivity index is 0.000000920. The summed E-state index contributed by atoms with van der Waals surface area (Å²) < 4.78 is 18.8. The summed E-state index contributed by atoms with van der Waals surface area (Å²) >= 11 is 0. The SMILES string of the molecule is O=C(CC(O)(CC(=O)OCc1ccccc1)C(=O)O)OCc1ccccc1.O=P(O)(O)O. The third-order valence-electron chi connectivity index (χ3n) is 3.76. The number of ether oxygens (including phenoxy) is 2. The van der Waals surface area contributed by atoms with Crippen LogP contribution in [0.5, 0.6) is 0 Å². The van der Waals surface area contributed by atoms with Crippen molar-refractivity contribution in [2.45, 2.75) is 31.7 Å². The van der Waals surface area contributed by atoms with E-state index in [1.54, 1.807) is 60.7 Å². The maximum Gasteiger partial charge on any atom is 0.466 e. The van der Waals surface area contributed by atoms with Gasteiger partial charge in [-0.15, -0.1) is 0 Å². The molecule has 0 bridgehead atoms. The number of phosphoric acid groups is 1. The number of hydrogen-bond acceptors (Lipinski definition) is 7. The zero-order chi connectivity index (χ0) is 24.2. The van der Waals surface area contributed by atoms with Gasteiger partial charge in [0.05, 0.1) is 12.8 Å². The van der Waals surface area contributed by atoms with Crippen molar-refractivity contribution in [1.82, 2.24) is 0 Å². The Hall–Kier alpha value is -3.08. The minimum atomic E-state index is -4.64. The summed E-state index contributed by atoms with van der Waals surface area (Å²) in [5.41, 5.74) is -1.17. The van der Waals surface area contributed by atoms with E-state index in [4.69, 9.17) is 28.7 Å². The Bertz CT molecular complexity index is 859. The molecule has 2 aromatic carbocycles. The number of rotatable bonds is 9. The van der Waals surface area contributed by atoms with Gasteiger partial charge in [0.25, 0.3) is 0 Å². The largest absolute Gasteiger partial charge is 0.479 e. The molecule has 2 rings (SSSR count). The number of aliphatic carboxylic acids is 1. The number of benzene rings is 2. The second kappa shape index (κ2) is 12.7. The van der Waals surface area contributed by atoms with E-state index in [1.807, 2.05) is 0 Å². The number of carbonyl (C=O) groups excluding carboxylic acids is 2. The topological polar surface area (TPSA) is 188 Å². The molecule has 0 aromatic heterocycles. The van der Waals surface area contributed by atoms with Crippen LogP contribution in [0.1, 0.15) is 24.0 Å². The van der Waals surface area contributed by atoms with Gasteiger partial charge >= 0.3 is 25.7 Å². The first-order valence-electron chi connectivity index (χ1n) is 9.02. The van der Waals surface area contributed by atoms with E-state index in [0.717, 1.165) is 0 Å². The molecular weight excluding hydrogens is 447 g/mol. The monoisotopic (exact) mass is 470 g/mol. The number of carboxylic acids is 1. The van der Waals surface area contributed by atoms with Gasteiger partial charge in [-0.25, -0.2) is 9.36 Å². The first-order valence-corrected chi connectivity index (χ1v) is 10.6.